The molecule has 1 fully saturated rings. The molecule has 0 aliphatic carbocycles. The van der Waals surface area contributed by atoms with Crippen LogP contribution in [0.5, 0.6) is 0 Å². The lowest BCUT2D eigenvalue weighted by Crippen LogP contribution is -2.52. The van der Waals surface area contributed by atoms with Gasteiger partial charge in [-0.05, 0) is 41.3 Å². The third-order valence-electron chi connectivity index (χ3n) is 5.80. The molecule has 158 valence electrons. The van der Waals surface area contributed by atoms with Crippen molar-refractivity contribution < 1.29 is 4.79 Å². The second-order valence-electron chi connectivity index (χ2n) is 7.91. The Labute approximate surface area is 192 Å². The van der Waals surface area contributed by atoms with Crippen LogP contribution in [0.15, 0.2) is 53.3 Å². The number of hydrogen-bond donors (Lipinski definition) is 1. The summed E-state index contributed by atoms with van der Waals surface area (Å²) in [6.45, 7) is 4.12. The Bertz CT molecular complexity index is 1260. The largest absolute Gasteiger partial charge is 0.383 e. The van der Waals surface area contributed by atoms with Gasteiger partial charge in [-0.15, -0.1) is 11.3 Å². The summed E-state index contributed by atoms with van der Waals surface area (Å²) in [4.78, 5) is 26.2. The highest BCUT2D eigenvalue weighted by atomic mass is 79.9. The fourth-order valence-corrected chi connectivity index (χ4v) is 5.85. The minimum atomic E-state index is -0.122. The van der Waals surface area contributed by atoms with E-state index in [-0.39, 0.29) is 6.04 Å². The van der Waals surface area contributed by atoms with E-state index < -0.39 is 0 Å². The molecule has 8 heteroatoms. The molecule has 1 saturated heterocycles. The number of carbonyl (C=O) groups excluding carboxylic acids is 1. The number of aromatic nitrogens is 2. The van der Waals surface area contributed by atoms with E-state index >= 15 is 0 Å². The molecular formula is C23H22BrN5OS. The van der Waals surface area contributed by atoms with Crippen LogP contribution in [-0.4, -0.2) is 51.7 Å². The van der Waals surface area contributed by atoms with Crippen LogP contribution in [0, 0.1) is 0 Å². The van der Waals surface area contributed by atoms with Crippen LogP contribution in [0.3, 0.4) is 0 Å². The van der Waals surface area contributed by atoms with Crippen LogP contribution in [-0.2, 0) is 17.9 Å². The number of nitrogens with zero attached hydrogens (tertiary/aromatic N) is 4. The molecule has 5 rings (SSSR count). The quantitative estimate of drug-likeness (QED) is 0.420. The van der Waals surface area contributed by atoms with Crippen molar-refractivity contribution in [2.45, 2.75) is 19.1 Å². The van der Waals surface area contributed by atoms with Gasteiger partial charge >= 0.3 is 0 Å². The number of thiophene rings is 1. The molecule has 2 aromatic carbocycles. The standard InChI is InChI=1S/C23H22BrN5OS/c24-17-3-2-16-8-19(31-22(16)9-17)12-28-5-6-29(18(11-28)13-30)10-15-1-4-20-21(7-15)26-14-27-23(20)25/h1-4,7-9,13-14,18H,5-6,10-12H2,(H2,25,26,27). The minimum absolute atomic E-state index is 0.122. The molecule has 1 aliphatic rings. The fourth-order valence-electron chi connectivity index (χ4n) is 4.19. The number of fused-ring (bicyclic) bond motifs is 2. The van der Waals surface area contributed by atoms with Gasteiger partial charge in [0, 0.05) is 52.2 Å². The molecule has 4 aromatic rings. The number of aldehydes is 1. The SMILES string of the molecule is Nc1ncnc2cc(CN3CCN(Cc4cc5ccc(Br)cc5s4)CC3C=O)ccc12. The lowest BCUT2D eigenvalue weighted by atomic mass is 10.1. The van der Waals surface area contributed by atoms with E-state index in [4.69, 9.17) is 5.73 Å². The van der Waals surface area contributed by atoms with E-state index in [2.05, 4.69) is 60.0 Å². The number of rotatable bonds is 5. The highest BCUT2D eigenvalue weighted by Gasteiger charge is 2.27. The summed E-state index contributed by atoms with van der Waals surface area (Å²) in [5.74, 6) is 0.490. The van der Waals surface area contributed by atoms with Gasteiger partial charge in [-0.3, -0.25) is 9.80 Å². The second kappa shape index (κ2) is 8.63. The molecule has 6 nitrogen and oxygen atoms in total. The number of nitrogens with two attached hydrogens (primary N) is 1. The van der Waals surface area contributed by atoms with Crippen molar-refractivity contribution in [3.05, 3.63) is 63.7 Å². The van der Waals surface area contributed by atoms with Gasteiger partial charge in [0.05, 0.1) is 11.6 Å². The number of carbonyl (C=O) groups is 1. The van der Waals surface area contributed by atoms with Gasteiger partial charge in [0.1, 0.15) is 18.4 Å². The van der Waals surface area contributed by atoms with E-state index in [9.17, 15) is 4.79 Å². The number of halogens is 1. The first-order valence-corrected chi connectivity index (χ1v) is 11.8. The summed E-state index contributed by atoms with van der Waals surface area (Å²) >= 11 is 5.37. The number of anilines is 1. The molecule has 0 saturated carbocycles. The minimum Gasteiger partial charge on any atom is -0.383 e. The third kappa shape index (κ3) is 4.34. The van der Waals surface area contributed by atoms with Crippen LogP contribution < -0.4 is 5.73 Å². The summed E-state index contributed by atoms with van der Waals surface area (Å²) in [7, 11) is 0. The average molecular weight is 496 g/mol. The number of piperazine rings is 1. The van der Waals surface area contributed by atoms with Crippen LogP contribution in [0.25, 0.3) is 21.0 Å². The molecular weight excluding hydrogens is 474 g/mol. The number of nitrogen functional groups attached to an aromatic ring is 1. The molecule has 0 spiro atoms. The van der Waals surface area contributed by atoms with Crippen molar-refractivity contribution in [3.63, 3.8) is 0 Å². The Morgan fingerprint density at radius 3 is 2.90 bits per heavy atom. The van der Waals surface area contributed by atoms with Crippen molar-refractivity contribution in [2.24, 2.45) is 0 Å². The Morgan fingerprint density at radius 1 is 1.13 bits per heavy atom. The predicted molar refractivity (Wildman–Crippen MR) is 129 cm³/mol. The van der Waals surface area contributed by atoms with Gasteiger partial charge in [-0.2, -0.15) is 0 Å². The number of hydrogen-bond acceptors (Lipinski definition) is 7. The third-order valence-corrected chi connectivity index (χ3v) is 7.38. The lowest BCUT2D eigenvalue weighted by molar-refractivity contribution is -0.115. The normalized spacial score (nSPS) is 18.0. The lowest BCUT2D eigenvalue weighted by Gasteiger charge is -2.38. The zero-order valence-corrected chi connectivity index (χ0v) is 19.3. The molecule has 1 aliphatic heterocycles. The maximum absolute atomic E-state index is 11.9. The molecule has 3 heterocycles. The average Bonchev–Trinajstić information content (AvgIpc) is 3.16. The van der Waals surface area contributed by atoms with Crippen LogP contribution >= 0.6 is 27.3 Å². The Kier molecular flexibility index (Phi) is 5.71. The smallest absolute Gasteiger partial charge is 0.138 e. The van der Waals surface area contributed by atoms with E-state index in [1.165, 1.54) is 21.3 Å². The Balaban J connectivity index is 1.27. The van der Waals surface area contributed by atoms with E-state index in [1.807, 2.05) is 29.5 Å². The van der Waals surface area contributed by atoms with Crippen LogP contribution in [0.4, 0.5) is 5.82 Å². The van der Waals surface area contributed by atoms with Gasteiger partial charge in [-0.1, -0.05) is 28.1 Å². The van der Waals surface area contributed by atoms with Crippen molar-refractivity contribution in [3.8, 4) is 0 Å². The number of benzene rings is 2. The maximum Gasteiger partial charge on any atom is 0.138 e. The molecule has 1 unspecified atom stereocenters. The molecule has 2 N–H and O–H groups in total. The highest BCUT2D eigenvalue weighted by Crippen LogP contribution is 2.30. The second-order valence-corrected chi connectivity index (χ2v) is 10.00. The zero-order chi connectivity index (χ0) is 21.4. The van der Waals surface area contributed by atoms with Crippen molar-refractivity contribution in [2.75, 3.05) is 25.4 Å². The van der Waals surface area contributed by atoms with E-state index in [0.29, 0.717) is 12.4 Å². The van der Waals surface area contributed by atoms with Gasteiger partial charge in [-0.25, -0.2) is 9.97 Å². The van der Waals surface area contributed by atoms with Gasteiger partial charge in [0.2, 0.25) is 0 Å². The first kappa shape index (κ1) is 20.5. The molecule has 0 radical (unpaired) electrons. The molecule has 1 atom stereocenters. The Hall–Kier alpha value is -2.39. The summed E-state index contributed by atoms with van der Waals surface area (Å²) in [5.41, 5.74) is 7.89. The first-order valence-electron chi connectivity index (χ1n) is 10.2. The first-order chi connectivity index (χ1) is 15.1. The summed E-state index contributed by atoms with van der Waals surface area (Å²) in [6.07, 6.45) is 2.57. The van der Waals surface area contributed by atoms with Crippen molar-refractivity contribution >= 4 is 60.4 Å². The molecule has 0 amide bonds. The summed E-state index contributed by atoms with van der Waals surface area (Å²) in [5, 5.41) is 2.13. The summed E-state index contributed by atoms with van der Waals surface area (Å²) < 4.78 is 2.39. The van der Waals surface area contributed by atoms with Crippen molar-refractivity contribution in [1.29, 1.82) is 0 Å². The van der Waals surface area contributed by atoms with E-state index in [0.717, 1.165) is 53.4 Å². The van der Waals surface area contributed by atoms with Crippen LogP contribution in [0.1, 0.15) is 10.4 Å². The van der Waals surface area contributed by atoms with Gasteiger partial charge in [0.15, 0.2) is 0 Å². The van der Waals surface area contributed by atoms with Gasteiger partial charge < -0.3 is 10.5 Å². The molecule has 0 bridgehead atoms. The summed E-state index contributed by atoms with van der Waals surface area (Å²) in [6, 6.07) is 14.6. The maximum atomic E-state index is 11.9. The van der Waals surface area contributed by atoms with Crippen molar-refractivity contribution in [1.82, 2.24) is 19.8 Å². The zero-order valence-electron chi connectivity index (χ0n) is 16.9. The Morgan fingerprint density at radius 2 is 2.03 bits per heavy atom. The van der Waals surface area contributed by atoms with Gasteiger partial charge in [0.25, 0.3) is 0 Å². The van der Waals surface area contributed by atoms with E-state index in [1.54, 1.807) is 0 Å². The fraction of sp³-hybridized carbons (Fsp3) is 0.261. The molecule has 31 heavy (non-hydrogen) atoms. The topological polar surface area (TPSA) is 75.3 Å². The van der Waals surface area contributed by atoms with Crippen LogP contribution in [0.2, 0.25) is 0 Å². The highest BCUT2D eigenvalue weighted by molar-refractivity contribution is 9.10. The molecule has 2 aromatic heterocycles. The monoisotopic (exact) mass is 495 g/mol. The predicted octanol–water partition coefficient (Wildman–Crippen LogP) is 4.07.